The molecule has 1 aromatic heterocycles. The van der Waals surface area contributed by atoms with Crippen LogP contribution in [0.3, 0.4) is 0 Å². The predicted octanol–water partition coefficient (Wildman–Crippen LogP) is 8.46. The van der Waals surface area contributed by atoms with E-state index in [0.717, 1.165) is 5.56 Å². The Morgan fingerprint density at radius 3 is 2.42 bits per heavy atom. The van der Waals surface area contributed by atoms with Gasteiger partial charge in [0.1, 0.15) is 40.8 Å². The summed E-state index contributed by atoms with van der Waals surface area (Å²) in [7, 11) is 0. The summed E-state index contributed by atoms with van der Waals surface area (Å²) >= 11 is 12.5. The highest BCUT2D eigenvalue weighted by atomic mass is 35.5. The van der Waals surface area contributed by atoms with E-state index in [-0.39, 0.29) is 28.6 Å². The molecule has 2 heterocycles. The first-order valence-electron chi connectivity index (χ1n) is 12.3. The first kappa shape index (κ1) is 25.7. The van der Waals surface area contributed by atoms with Crippen LogP contribution in [0.25, 0.3) is 17.0 Å². The maximum atomic E-state index is 13.3. The van der Waals surface area contributed by atoms with E-state index in [1.165, 1.54) is 18.2 Å². The molecule has 1 aliphatic rings. The minimum absolute atomic E-state index is 0.0631. The summed E-state index contributed by atoms with van der Waals surface area (Å²) in [6.07, 6.45) is 1.50. The maximum Gasteiger partial charge on any atom is 0.347 e. The van der Waals surface area contributed by atoms with Crippen molar-refractivity contribution in [2.24, 2.45) is 0 Å². The van der Waals surface area contributed by atoms with Crippen LogP contribution in [-0.2, 0) is 6.61 Å². The fraction of sp³-hybridized carbons (Fsp3) is 0.0625. The smallest absolute Gasteiger partial charge is 0.347 e. The fourth-order valence-corrected chi connectivity index (χ4v) is 4.96. The third-order valence-electron chi connectivity index (χ3n) is 6.42. The van der Waals surface area contributed by atoms with Gasteiger partial charge in [-0.05, 0) is 61.0 Å². The number of fused-ring (bicyclic) bond motifs is 2. The summed E-state index contributed by atoms with van der Waals surface area (Å²) in [5.41, 5.74) is 2.65. The molecule has 4 aromatic carbocycles. The van der Waals surface area contributed by atoms with Crippen molar-refractivity contribution in [1.29, 1.82) is 0 Å². The molecule has 1 aliphatic heterocycles. The lowest BCUT2D eigenvalue weighted by Gasteiger charge is -2.07. The van der Waals surface area contributed by atoms with Crippen LogP contribution in [0, 0.1) is 6.92 Å². The van der Waals surface area contributed by atoms with Crippen LogP contribution >= 0.6 is 23.2 Å². The highest BCUT2D eigenvalue weighted by Gasteiger charge is 2.29. The molecule has 0 aliphatic carbocycles. The Balaban J connectivity index is 1.23. The number of ether oxygens (including phenoxy) is 3. The Hall–Kier alpha value is -4.52. The van der Waals surface area contributed by atoms with E-state index in [4.69, 9.17) is 41.8 Å². The van der Waals surface area contributed by atoms with Crippen LogP contribution in [0.5, 0.6) is 17.2 Å². The predicted molar refractivity (Wildman–Crippen MR) is 153 cm³/mol. The van der Waals surface area contributed by atoms with E-state index < -0.39 is 5.97 Å². The minimum atomic E-state index is -0.612. The molecule has 0 bridgehead atoms. The monoisotopic (exact) mass is 570 g/mol. The topological polar surface area (TPSA) is 75.0 Å². The zero-order valence-corrected chi connectivity index (χ0v) is 22.6. The molecule has 0 radical (unpaired) electrons. The number of hydrogen-bond donors (Lipinski definition) is 0. The second kappa shape index (κ2) is 10.6. The molecular weight excluding hydrogens is 551 g/mol. The summed E-state index contributed by atoms with van der Waals surface area (Å²) in [6, 6.07) is 24.7. The number of rotatable bonds is 6. The van der Waals surface area contributed by atoms with Crippen molar-refractivity contribution in [3.05, 3.63) is 129 Å². The Bertz CT molecular complexity index is 1800. The Kier molecular flexibility index (Phi) is 6.80. The van der Waals surface area contributed by atoms with E-state index >= 15 is 0 Å². The minimum Gasteiger partial charge on any atom is -0.489 e. The van der Waals surface area contributed by atoms with Gasteiger partial charge in [-0.25, -0.2) is 4.79 Å². The van der Waals surface area contributed by atoms with Gasteiger partial charge in [-0.15, -0.1) is 0 Å². The van der Waals surface area contributed by atoms with E-state index in [0.29, 0.717) is 50.3 Å². The van der Waals surface area contributed by atoms with E-state index in [1.807, 2.05) is 30.3 Å². The molecule has 8 heteroatoms. The molecule has 6 rings (SSSR count). The molecular formula is C32H20Cl2O6. The van der Waals surface area contributed by atoms with E-state index in [1.54, 1.807) is 49.4 Å². The van der Waals surface area contributed by atoms with Crippen LogP contribution in [0.4, 0.5) is 0 Å². The number of carbonyl (C=O) groups is 2. The van der Waals surface area contributed by atoms with Crippen molar-refractivity contribution >= 4 is 52.0 Å². The van der Waals surface area contributed by atoms with E-state index in [9.17, 15) is 9.59 Å². The zero-order chi connectivity index (χ0) is 27.8. The second-order valence-electron chi connectivity index (χ2n) is 9.09. The van der Waals surface area contributed by atoms with Gasteiger partial charge in [0.15, 0.2) is 5.76 Å². The lowest BCUT2D eigenvalue weighted by Crippen LogP contribution is -2.09. The first-order chi connectivity index (χ1) is 19.4. The normalized spacial score (nSPS) is 13.4. The highest BCUT2D eigenvalue weighted by Crippen LogP contribution is 2.37. The number of furan rings is 1. The second-order valence-corrected chi connectivity index (χ2v) is 9.90. The Morgan fingerprint density at radius 1 is 0.900 bits per heavy atom. The van der Waals surface area contributed by atoms with Crippen LogP contribution < -0.4 is 14.2 Å². The highest BCUT2D eigenvalue weighted by molar-refractivity contribution is 6.37. The van der Waals surface area contributed by atoms with Crippen LogP contribution in [0.15, 0.2) is 95.1 Å². The molecule has 0 atom stereocenters. The number of carbonyl (C=O) groups excluding carboxylic acids is 2. The van der Waals surface area contributed by atoms with Crippen molar-refractivity contribution in [1.82, 2.24) is 0 Å². The van der Waals surface area contributed by atoms with Crippen LogP contribution in [0.2, 0.25) is 10.0 Å². The number of aryl methyl sites for hydroxylation is 1. The number of benzene rings is 4. The van der Waals surface area contributed by atoms with Gasteiger partial charge in [-0.2, -0.15) is 0 Å². The number of halogens is 2. The van der Waals surface area contributed by atoms with Gasteiger partial charge >= 0.3 is 5.97 Å². The van der Waals surface area contributed by atoms with Gasteiger partial charge in [-0.3, -0.25) is 4.79 Å². The molecule has 0 fully saturated rings. The Morgan fingerprint density at radius 2 is 1.65 bits per heavy atom. The number of ketones is 1. The van der Waals surface area contributed by atoms with Crippen molar-refractivity contribution in [3.8, 4) is 17.2 Å². The number of hydrogen-bond acceptors (Lipinski definition) is 6. The lowest BCUT2D eigenvalue weighted by atomic mass is 10.1. The van der Waals surface area contributed by atoms with Gasteiger partial charge < -0.3 is 18.6 Å². The van der Waals surface area contributed by atoms with Gasteiger partial charge in [0.2, 0.25) is 5.78 Å². The van der Waals surface area contributed by atoms with Crippen molar-refractivity contribution in [2.75, 3.05) is 0 Å². The summed E-state index contributed by atoms with van der Waals surface area (Å²) in [6.45, 7) is 2.08. The standard InChI is InChI=1S/C32H20Cl2O6/c1-18-30(24-14-20(11-13-27(24)38-18)37-17-19-6-3-2-4-7-19)32(36)39-21-10-12-22-28(15-21)40-29(31(22)35)16-23-25(33)8-5-9-26(23)34/h2-16H,17H2,1H3. The average molecular weight is 571 g/mol. The molecule has 6 nitrogen and oxygen atoms in total. The zero-order valence-electron chi connectivity index (χ0n) is 21.1. The molecule has 40 heavy (non-hydrogen) atoms. The summed E-state index contributed by atoms with van der Waals surface area (Å²) < 4.78 is 23.2. The largest absolute Gasteiger partial charge is 0.489 e. The van der Waals surface area contributed by atoms with Crippen molar-refractivity contribution < 1.29 is 28.2 Å². The number of Topliss-reactive ketones (excluding diaryl/α,β-unsaturated/α-hetero) is 1. The fourth-order valence-electron chi connectivity index (χ4n) is 4.45. The third kappa shape index (κ3) is 4.95. The molecule has 0 N–H and O–H groups in total. The summed E-state index contributed by atoms with van der Waals surface area (Å²) in [5, 5.41) is 1.35. The molecule has 0 saturated carbocycles. The molecule has 0 spiro atoms. The van der Waals surface area contributed by atoms with Crippen molar-refractivity contribution in [3.63, 3.8) is 0 Å². The van der Waals surface area contributed by atoms with Gasteiger partial charge in [0, 0.05) is 27.1 Å². The SMILES string of the molecule is Cc1oc2ccc(OCc3ccccc3)cc2c1C(=O)Oc1ccc2c(c1)OC(=Cc1c(Cl)cccc1Cl)C2=O. The summed E-state index contributed by atoms with van der Waals surface area (Å²) in [5.74, 6) is 0.591. The average Bonchev–Trinajstić information content (AvgIpc) is 3.44. The third-order valence-corrected chi connectivity index (χ3v) is 7.07. The number of esters is 1. The summed E-state index contributed by atoms with van der Waals surface area (Å²) in [4.78, 5) is 26.2. The van der Waals surface area contributed by atoms with Crippen LogP contribution in [0.1, 0.15) is 37.6 Å². The number of allylic oxidation sites excluding steroid dienone is 1. The van der Waals surface area contributed by atoms with Gasteiger partial charge in [0.05, 0.1) is 5.56 Å². The molecule has 198 valence electrons. The van der Waals surface area contributed by atoms with Crippen molar-refractivity contribution in [2.45, 2.75) is 13.5 Å². The van der Waals surface area contributed by atoms with Gasteiger partial charge in [-0.1, -0.05) is 59.6 Å². The lowest BCUT2D eigenvalue weighted by molar-refractivity contribution is 0.0734. The molecule has 0 unspecified atom stereocenters. The Labute approximate surface area is 239 Å². The van der Waals surface area contributed by atoms with Crippen LogP contribution in [-0.4, -0.2) is 11.8 Å². The molecule has 0 saturated heterocycles. The maximum absolute atomic E-state index is 13.3. The quantitative estimate of drug-likeness (QED) is 0.116. The van der Waals surface area contributed by atoms with E-state index in [2.05, 4.69) is 0 Å². The molecule has 5 aromatic rings. The first-order valence-corrected chi connectivity index (χ1v) is 13.1. The van der Waals surface area contributed by atoms with Gasteiger partial charge in [0.25, 0.3) is 0 Å². The molecule has 0 amide bonds.